The van der Waals surface area contributed by atoms with Crippen LogP contribution in [0.1, 0.15) is 33.1 Å². The first-order chi connectivity index (χ1) is 7.49. The van der Waals surface area contributed by atoms with E-state index in [-0.39, 0.29) is 17.7 Å². The van der Waals surface area contributed by atoms with Crippen LogP contribution >= 0.6 is 0 Å². The third-order valence-corrected chi connectivity index (χ3v) is 3.34. The van der Waals surface area contributed by atoms with Crippen LogP contribution in [0, 0.1) is 11.8 Å². The molecule has 1 amide bonds. The van der Waals surface area contributed by atoms with Crippen LogP contribution in [0.25, 0.3) is 0 Å². The van der Waals surface area contributed by atoms with Crippen molar-refractivity contribution in [2.24, 2.45) is 22.7 Å². The lowest BCUT2D eigenvalue weighted by molar-refractivity contribution is -0.136. The second-order valence-corrected chi connectivity index (χ2v) is 4.78. The molecule has 0 aromatic rings. The number of carbonyl (C=O) groups is 1. The van der Waals surface area contributed by atoms with E-state index in [9.17, 15) is 4.79 Å². The smallest absolute Gasteiger partial charge is 0.233 e. The van der Waals surface area contributed by atoms with Crippen molar-refractivity contribution < 1.29 is 10.0 Å². The zero-order valence-electron chi connectivity index (χ0n) is 10.2. The molecule has 1 rings (SSSR count). The summed E-state index contributed by atoms with van der Waals surface area (Å²) in [5.74, 6) is -0.525. The van der Waals surface area contributed by atoms with Gasteiger partial charge in [-0.15, -0.1) is 0 Å². The summed E-state index contributed by atoms with van der Waals surface area (Å²) in [6, 6.07) is 0.334. The lowest BCUT2D eigenvalue weighted by Crippen LogP contribution is -2.48. The number of hydrogen-bond donors (Lipinski definition) is 2. The summed E-state index contributed by atoms with van der Waals surface area (Å²) in [7, 11) is 1.80. The van der Waals surface area contributed by atoms with Gasteiger partial charge in [0.25, 0.3) is 0 Å². The highest BCUT2D eigenvalue weighted by Crippen LogP contribution is 2.26. The third kappa shape index (κ3) is 2.46. The first-order valence-electron chi connectivity index (χ1n) is 5.73. The fourth-order valence-corrected chi connectivity index (χ4v) is 1.99. The van der Waals surface area contributed by atoms with Gasteiger partial charge in [-0.3, -0.25) is 4.79 Å². The minimum Gasteiger partial charge on any atom is -0.409 e. The van der Waals surface area contributed by atoms with Crippen molar-refractivity contribution in [2.75, 3.05) is 7.05 Å². The molecule has 5 heteroatoms. The molecule has 1 unspecified atom stereocenters. The molecule has 1 fully saturated rings. The molecule has 16 heavy (non-hydrogen) atoms. The molecule has 5 nitrogen and oxygen atoms in total. The topological polar surface area (TPSA) is 78.9 Å². The maximum atomic E-state index is 12.2. The van der Waals surface area contributed by atoms with Gasteiger partial charge in [-0.1, -0.05) is 19.0 Å². The molecular formula is C11H21N3O2. The van der Waals surface area contributed by atoms with Gasteiger partial charge >= 0.3 is 0 Å². The monoisotopic (exact) mass is 227 g/mol. The summed E-state index contributed by atoms with van der Waals surface area (Å²) < 4.78 is 0. The Labute approximate surface area is 96.3 Å². The molecular weight excluding hydrogens is 206 g/mol. The molecule has 1 aliphatic rings. The van der Waals surface area contributed by atoms with E-state index in [1.165, 1.54) is 6.42 Å². The van der Waals surface area contributed by atoms with E-state index in [2.05, 4.69) is 5.16 Å². The molecule has 0 aromatic heterocycles. The van der Waals surface area contributed by atoms with Crippen LogP contribution in [-0.2, 0) is 4.79 Å². The number of carbonyl (C=O) groups excluding carboxylic acids is 1. The maximum absolute atomic E-state index is 12.2. The SMILES string of the molecule is CC(C)C(C(=O)N(C)C1CCC1)C(N)=NO. The zero-order valence-corrected chi connectivity index (χ0v) is 10.2. The highest BCUT2D eigenvalue weighted by Gasteiger charge is 2.34. The van der Waals surface area contributed by atoms with Crippen molar-refractivity contribution in [3.8, 4) is 0 Å². The lowest BCUT2D eigenvalue weighted by Gasteiger charge is -2.37. The number of nitrogens with zero attached hydrogens (tertiary/aromatic N) is 2. The average molecular weight is 227 g/mol. The number of oxime groups is 1. The highest BCUT2D eigenvalue weighted by atomic mass is 16.4. The van der Waals surface area contributed by atoms with Gasteiger partial charge in [0.15, 0.2) is 5.84 Å². The van der Waals surface area contributed by atoms with Gasteiger partial charge in [0.05, 0.1) is 0 Å². The van der Waals surface area contributed by atoms with Crippen molar-refractivity contribution in [1.82, 2.24) is 4.90 Å². The van der Waals surface area contributed by atoms with E-state index in [1.807, 2.05) is 13.8 Å². The standard InChI is InChI=1S/C11H21N3O2/c1-7(2)9(10(12)13-16)11(15)14(3)8-5-4-6-8/h7-9,16H,4-6H2,1-3H3,(H2,12,13). The van der Waals surface area contributed by atoms with Crippen molar-refractivity contribution in [3.63, 3.8) is 0 Å². The molecule has 0 spiro atoms. The van der Waals surface area contributed by atoms with Gasteiger partial charge in [-0.25, -0.2) is 0 Å². The third-order valence-electron chi connectivity index (χ3n) is 3.34. The maximum Gasteiger partial charge on any atom is 0.233 e. The van der Waals surface area contributed by atoms with Crippen LogP contribution in [0.15, 0.2) is 5.16 Å². The Morgan fingerprint density at radius 3 is 2.38 bits per heavy atom. The van der Waals surface area contributed by atoms with Crippen LogP contribution in [0.4, 0.5) is 0 Å². The molecule has 1 atom stereocenters. The fraction of sp³-hybridized carbons (Fsp3) is 0.818. The summed E-state index contributed by atoms with van der Waals surface area (Å²) in [5.41, 5.74) is 5.57. The Morgan fingerprint density at radius 1 is 1.50 bits per heavy atom. The number of rotatable bonds is 4. The van der Waals surface area contributed by atoms with E-state index in [4.69, 9.17) is 10.9 Å². The zero-order chi connectivity index (χ0) is 12.3. The summed E-state index contributed by atoms with van der Waals surface area (Å²) in [6.45, 7) is 3.80. The molecule has 1 aliphatic carbocycles. The minimum absolute atomic E-state index is 0.00572. The van der Waals surface area contributed by atoms with Crippen molar-refractivity contribution in [3.05, 3.63) is 0 Å². The molecule has 92 valence electrons. The van der Waals surface area contributed by atoms with Gasteiger partial charge in [0, 0.05) is 13.1 Å². The Balaban J connectivity index is 2.74. The fourth-order valence-electron chi connectivity index (χ4n) is 1.99. The van der Waals surface area contributed by atoms with Crippen LogP contribution in [0.5, 0.6) is 0 Å². The minimum atomic E-state index is -0.518. The molecule has 0 saturated heterocycles. The van der Waals surface area contributed by atoms with E-state index >= 15 is 0 Å². The highest BCUT2D eigenvalue weighted by molar-refractivity contribution is 6.02. The van der Waals surface area contributed by atoms with Crippen molar-refractivity contribution in [1.29, 1.82) is 0 Å². The first-order valence-corrected chi connectivity index (χ1v) is 5.73. The Morgan fingerprint density at radius 2 is 2.06 bits per heavy atom. The summed E-state index contributed by atoms with van der Waals surface area (Å²) in [4.78, 5) is 13.9. The van der Waals surface area contributed by atoms with E-state index in [0.717, 1.165) is 12.8 Å². The predicted molar refractivity (Wildman–Crippen MR) is 62.1 cm³/mol. The molecule has 0 radical (unpaired) electrons. The van der Waals surface area contributed by atoms with Crippen molar-refractivity contribution >= 4 is 11.7 Å². The molecule has 1 saturated carbocycles. The van der Waals surface area contributed by atoms with Crippen molar-refractivity contribution in [2.45, 2.75) is 39.2 Å². The Hall–Kier alpha value is -1.26. The number of nitrogens with two attached hydrogens (primary N) is 1. The Kier molecular flexibility index (Phi) is 4.15. The van der Waals surface area contributed by atoms with Crippen LogP contribution in [0.2, 0.25) is 0 Å². The lowest BCUT2D eigenvalue weighted by atomic mass is 9.88. The van der Waals surface area contributed by atoms with E-state index in [1.54, 1.807) is 11.9 Å². The largest absolute Gasteiger partial charge is 0.409 e. The predicted octanol–water partition coefficient (Wildman–Crippen LogP) is 1.02. The summed E-state index contributed by atoms with van der Waals surface area (Å²) in [5, 5.41) is 11.7. The normalized spacial score (nSPS) is 19.4. The number of amidine groups is 1. The molecule has 0 bridgehead atoms. The molecule has 0 aromatic carbocycles. The molecule has 0 aliphatic heterocycles. The number of amides is 1. The van der Waals surface area contributed by atoms with Gasteiger partial charge in [0.1, 0.15) is 5.92 Å². The van der Waals surface area contributed by atoms with Gasteiger partial charge in [-0.05, 0) is 25.2 Å². The van der Waals surface area contributed by atoms with E-state index in [0.29, 0.717) is 6.04 Å². The van der Waals surface area contributed by atoms with Crippen LogP contribution in [0.3, 0.4) is 0 Å². The summed E-state index contributed by atoms with van der Waals surface area (Å²) in [6.07, 6.45) is 3.30. The molecule has 3 N–H and O–H groups in total. The van der Waals surface area contributed by atoms with Crippen LogP contribution in [-0.4, -0.2) is 34.9 Å². The first kappa shape index (κ1) is 12.8. The van der Waals surface area contributed by atoms with Crippen LogP contribution < -0.4 is 5.73 Å². The van der Waals surface area contributed by atoms with E-state index < -0.39 is 5.92 Å². The second kappa shape index (κ2) is 5.18. The Bertz CT molecular complexity index is 285. The quantitative estimate of drug-likeness (QED) is 0.326. The van der Waals surface area contributed by atoms with Gasteiger partial charge < -0.3 is 15.8 Å². The second-order valence-electron chi connectivity index (χ2n) is 4.78. The van der Waals surface area contributed by atoms with Gasteiger partial charge in [0.2, 0.25) is 5.91 Å². The average Bonchev–Trinajstić information content (AvgIpc) is 2.14. The molecule has 0 heterocycles. The summed E-state index contributed by atoms with van der Waals surface area (Å²) >= 11 is 0. The number of hydrogen-bond acceptors (Lipinski definition) is 3. The van der Waals surface area contributed by atoms with Gasteiger partial charge in [-0.2, -0.15) is 0 Å².